The fourth-order valence-electron chi connectivity index (χ4n) is 2.22. The average molecular weight is 271 g/mol. The lowest BCUT2D eigenvalue weighted by atomic mass is 9.95. The molecule has 1 fully saturated rings. The Labute approximate surface area is 105 Å². The lowest BCUT2D eigenvalue weighted by Gasteiger charge is -2.12. The van der Waals surface area contributed by atoms with E-state index in [9.17, 15) is 17.6 Å². The molecule has 0 heterocycles. The molecule has 0 spiro atoms. The van der Waals surface area contributed by atoms with Crippen molar-refractivity contribution in [2.45, 2.75) is 18.8 Å². The van der Waals surface area contributed by atoms with Gasteiger partial charge in [0.25, 0.3) is 0 Å². The quantitative estimate of drug-likeness (QED) is 0.898. The van der Waals surface area contributed by atoms with Gasteiger partial charge in [-0.3, -0.25) is 9.52 Å². The van der Waals surface area contributed by atoms with Crippen molar-refractivity contribution in [1.82, 2.24) is 4.72 Å². The number of hydrogen-bond acceptors (Lipinski definition) is 3. The van der Waals surface area contributed by atoms with Crippen molar-refractivity contribution >= 4 is 15.9 Å². The van der Waals surface area contributed by atoms with Gasteiger partial charge in [0.15, 0.2) is 0 Å². The topological polar surface area (TPSA) is 63.2 Å². The molecule has 1 aromatic rings. The van der Waals surface area contributed by atoms with E-state index in [2.05, 4.69) is 0 Å². The van der Waals surface area contributed by atoms with Gasteiger partial charge in [-0.15, -0.1) is 0 Å². The molecule has 18 heavy (non-hydrogen) atoms. The van der Waals surface area contributed by atoms with Crippen molar-refractivity contribution in [3.8, 4) is 0 Å². The minimum Gasteiger partial charge on any atom is -0.274 e. The van der Waals surface area contributed by atoms with Crippen LogP contribution in [0.1, 0.15) is 18.9 Å². The summed E-state index contributed by atoms with van der Waals surface area (Å²) < 4.78 is 37.6. The standard InChI is InChI=1S/C12H14FNO3S/c1-12(8-5-3-4-6-10(8)13)7-9(12)11(15)14-18(2,16)17/h3-6,9H,7H2,1-2H3,(H,14,15). The molecule has 0 saturated heterocycles. The Balaban J connectivity index is 2.19. The molecule has 6 heteroatoms. The van der Waals surface area contributed by atoms with E-state index in [-0.39, 0.29) is 5.82 Å². The van der Waals surface area contributed by atoms with Crippen LogP contribution < -0.4 is 4.72 Å². The zero-order valence-electron chi connectivity index (χ0n) is 10.1. The monoisotopic (exact) mass is 271 g/mol. The predicted molar refractivity (Wildman–Crippen MR) is 64.8 cm³/mol. The molecule has 2 atom stereocenters. The van der Waals surface area contributed by atoms with Gasteiger partial charge in [-0.2, -0.15) is 0 Å². The maximum absolute atomic E-state index is 13.7. The van der Waals surface area contributed by atoms with Crippen LogP contribution in [0.3, 0.4) is 0 Å². The van der Waals surface area contributed by atoms with E-state index < -0.39 is 27.3 Å². The molecule has 4 nitrogen and oxygen atoms in total. The summed E-state index contributed by atoms with van der Waals surface area (Å²) in [6.07, 6.45) is 1.38. The summed E-state index contributed by atoms with van der Waals surface area (Å²) in [6, 6.07) is 6.25. The molecule has 1 aliphatic rings. The summed E-state index contributed by atoms with van der Waals surface area (Å²) in [5.41, 5.74) is -0.154. The number of benzene rings is 1. The number of amides is 1. The lowest BCUT2D eigenvalue weighted by Crippen LogP contribution is -2.32. The second-order valence-corrected chi connectivity index (χ2v) is 6.64. The van der Waals surface area contributed by atoms with E-state index in [1.807, 2.05) is 4.72 Å². The molecule has 1 aliphatic carbocycles. The fraction of sp³-hybridized carbons (Fsp3) is 0.417. The molecule has 1 saturated carbocycles. The number of nitrogens with one attached hydrogen (secondary N) is 1. The van der Waals surface area contributed by atoms with Crippen LogP contribution >= 0.6 is 0 Å². The molecule has 0 radical (unpaired) electrons. The van der Waals surface area contributed by atoms with E-state index in [0.29, 0.717) is 12.0 Å². The van der Waals surface area contributed by atoms with E-state index in [0.717, 1.165) is 6.26 Å². The minimum absolute atomic E-state index is 0.366. The normalized spacial score (nSPS) is 26.7. The van der Waals surface area contributed by atoms with E-state index >= 15 is 0 Å². The first-order chi connectivity index (χ1) is 8.24. The van der Waals surface area contributed by atoms with Crippen molar-refractivity contribution in [3.63, 3.8) is 0 Å². The molecule has 0 bridgehead atoms. The highest BCUT2D eigenvalue weighted by molar-refractivity contribution is 7.89. The Morgan fingerprint density at radius 3 is 2.61 bits per heavy atom. The van der Waals surface area contributed by atoms with Crippen molar-refractivity contribution in [2.75, 3.05) is 6.26 Å². The summed E-state index contributed by atoms with van der Waals surface area (Å²) in [7, 11) is -3.56. The van der Waals surface area contributed by atoms with Crippen LogP contribution in [-0.4, -0.2) is 20.6 Å². The number of carbonyl (C=O) groups excluding carboxylic acids is 1. The first-order valence-electron chi connectivity index (χ1n) is 5.51. The van der Waals surface area contributed by atoms with Crippen LogP contribution in [0.5, 0.6) is 0 Å². The SMILES string of the molecule is CC1(c2ccccc2F)CC1C(=O)NS(C)(=O)=O. The second kappa shape index (κ2) is 4.05. The molecule has 1 amide bonds. The average Bonchev–Trinajstić information content (AvgIpc) is 2.90. The van der Waals surface area contributed by atoms with Gasteiger partial charge >= 0.3 is 0 Å². The van der Waals surface area contributed by atoms with Crippen LogP contribution in [0.4, 0.5) is 4.39 Å². The van der Waals surface area contributed by atoms with Gasteiger partial charge in [0.1, 0.15) is 5.82 Å². The third-order valence-electron chi connectivity index (χ3n) is 3.33. The molecule has 2 rings (SSSR count). The Hall–Kier alpha value is -1.43. The molecule has 0 aliphatic heterocycles. The number of halogens is 1. The molecule has 98 valence electrons. The molecular formula is C12H14FNO3S. The van der Waals surface area contributed by atoms with Gasteiger partial charge in [-0.25, -0.2) is 12.8 Å². The number of sulfonamides is 1. The van der Waals surface area contributed by atoms with Gasteiger partial charge in [0.05, 0.1) is 6.26 Å². The lowest BCUT2D eigenvalue weighted by molar-refractivity contribution is -0.120. The van der Waals surface area contributed by atoms with Gasteiger partial charge in [-0.1, -0.05) is 25.1 Å². The Morgan fingerprint density at radius 1 is 1.44 bits per heavy atom. The first kappa shape index (κ1) is 13.0. The van der Waals surface area contributed by atoms with Crippen molar-refractivity contribution in [2.24, 2.45) is 5.92 Å². The molecule has 0 aromatic heterocycles. The van der Waals surface area contributed by atoms with Crippen molar-refractivity contribution in [3.05, 3.63) is 35.6 Å². The van der Waals surface area contributed by atoms with Crippen molar-refractivity contribution < 1.29 is 17.6 Å². The first-order valence-corrected chi connectivity index (χ1v) is 7.40. The second-order valence-electron chi connectivity index (χ2n) is 4.89. The summed E-state index contributed by atoms with van der Waals surface area (Å²) in [6.45, 7) is 1.76. The van der Waals surface area contributed by atoms with Crippen LogP contribution in [0, 0.1) is 11.7 Å². The molecule has 1 aromatic carbocycles. The zero-order valence-corrected chi connectivity index (χ0v) is 10.9. The Morgan fingerprint density at radius 2 is 2.06 bits per heavy atom. The highest BCUT2D eigenvalue weighted by Crippen LogP contribution is 2.54. The van der Waals surface area contributed by atoms with Crippen LogP contribution in [0.15, 0.2) is 24.3 Å². The maximum atomic E-state index is 13.7. The smallest absolute Gasteiger partial charge is 0.237 e. The fourth-order valence-corrected chi connectivity index (χ4v) is 2.73. The van der Waals surface area contributed by atoms with Gasteiger partial charge in [0.2, 0.25) is 15.9 Å². The highest BCUT2D eigenvalue weighted by Gasteiger charge is 2.57. The summed E-state index contributed by atoms with van der Waals surface area (Å²) >= 11 is 0. The maximum Gasteiger partial charge on any atom is 0.237 e. The Bertz CT molecular complexity index is 599. The number of rotatable bonds is 3. The van der Waals surface area contributed by atoms with Crippen LogP contribution in [0.2, 0.25) is 0 Å². The number of carbonyl (C=O) groups is 1. The summed E-state index contributed by atoms with van der Waals surface area (Å²) in [5.74, 6) is -1.43. The van der Waals surface area contributed by atoms with E-state index in [1.165, 1.54) is 6.07 Å². The predicted octanol–water partition coefficient (Wildman–Crippen LogP) is 1.18. The minimum atomic E-state index is -3.56. The molecular weight excluding hydrogens is 257 g/mol. The highest BCUT2D eigenvalue weighted by atomic mass is 32.2. The Kier molecular flexibility index (Phi) is 2.93. The van der Waals surface area contributed by atoms with Gasteiger partial charge in [0, 0.05) is 11.3 Å². The summed E-state index contributed by atoms with van der Waals surface area (Å²) in [4.78, 5) is 11.7. The third-order valence-corrected chi connectivity index (χ3v) is 3.90. The molecule has 1 N–H and O–H groups in total. The summed E-state index contributed by atoms with van der Waals surface area (Å²) in [5, 5.41) is 0. The van der Waals surface area contributed by atoms with E-state index in [1.54, 1.807) is 25.1 Å². The van der Waals surface area contributed by atoms with Crippen LogP contribution in [-0.2, 0) is 20.2 Å². The molecule has 2 unspecified atom stereocenters. The van der Waals surface area contributed by atoms with Gasteiger partial charge < -0.3 is 0 Å². The third kappa shape index (κ3) is 2.38. The van der Waals surface area contributed by atoms with Crippen LogP contribution in [0.25, 0.3) is 0 Å². The number of hydrogen-bond donors (Lipinski definition) is 1. The largest absolute Gasteiger partial charge is 0.274 e. The van der Waals surface area contributed by atoms with Gasteiger partial charge in [-0.05, 0) is 18.1 Å². The van der Waals surface area contributed by atoms with Crippen molar-refractivity contribution in [1.29, 1.82) is 0 Å². The van der Waals surface area contributed by atoms with E-state index in [4.69, 9.17) is 0 Å². The zero-order chi connectivity index (χ0) is 13.6.